The summed E-state index contributed by atoms with van der Waals surface area (Å²) in [6.07, 6.45) is 8.05. The molecule has 3 heterocycles. The van der Waals surface area contributed by atoms with Gasteiger partial charge < -0.3 is 14.8 Å². The number of hydrogen-bond donors (Lipinski definition) is 3. The molecule has 3 aliphatic rings. The lowest BCUT2D eigenvalue weighted by atomic mass is 10.0. The minimum atomic E-state index is -3.89. The van der Waals surface area contributed by atoms with E-state index in [1.54, 1.807) is 29.2 Å². The maximum absolute atomic E-state index is 14.1. The topological polar surface area (TPSA) is 182 Å². The first-order valence-corrected chi connectivity index (χ1v) is 17.9. The number of imide groups is 1. The van der Waals surface area contributed by atoms with Gasteiger partial charge in [0.2, 0.25) is 27.7 Å². The SMILES string of the molecule is C=C[C@@H]1C[C@@]1(C(=O)NS(=O)(=O)C1CC1)N1C[C@H](Oc2ncc(OC)c3ccc(Cl)cc23)C[C@H]1C(=O)NC(=O)[C@H](Nc1cncnc1)C(C)C. The molecule has 2 aromatic heterocycles. The summed E-state index contributed by atoms with van der Waals surface area (Å²) < 4.78 is 39.9. The first kappa shape index (κ1) is 34.5. The number of likely N-dealkylation sites (tertiary alicyclic amines) is 1. The van der Waals surface area contributed by atoms with Crippen molar-refractivity contribution in [2.24, 2.45) is 11.8 Å². The van der Waals surface area contributed by atoms with Crippen molar-refractivity contribution in [2.45, 2.75) is 68.5 Å². The predicted molar refractivity (Wildman–Crippen MR) is 181 cm³/mol. The van der Waals surface area contributed by atoms with Gasteiger partial charge in [-0.25, -0.2) is 23.4 Å². The summed E-state index contributed by atoms with van der Waals surface area (Å²) in [6, 6.07) is 3.33. The van der Waals surface area contributed by atoms with Gasteiger partial charge in [-0.3, -0.25) is 29.3 Å². The lowest BCUT2D eigenvalue weighted by molar-refractivity contribution is -0.136. The third-order valence-corrected chi connectivity index (χ3v) is 11.3. The normalized spacial score (nSPS) is 24.2. The van der Waals surface area contributed by atoms with Crippen LogP contribution in [0, 0.1) is 11.8 Å². The zero-order chi connectivity index (χ0) is 35.1. The highest BCUT2D eigenvalue weighted by Gasteiger charge is 2.67. The Hall–Kier alpha value is -4.34. The number of benzene rings is 1. The number of ether oxygens (including phenoxy) is 2. The van der Waals surface area contributed by atoms with Crippen molar-refractivity contribution in [3.8, 4) is 11.6 Å². The zero-order valence-electron chi connectivity index (χ0n) is 27.3. The van der Waals surface area contributed by atoms with Crippen molar-refractivity contribution < 1.29 is 32.3 Å². The van der Waals surface area contributed by atoms with Gasteiger partial charge >= 0.3 is 0 Å². The van der Waals surface area contributed by atoms with Crippen LogP contribution in [0.5, 0.6) is 11.6 Å². The van der Waals surface area contributed by atoms with E-state index in [4.69, 9.17) is 21.1 Å². The second kappa shape index (κ2) is 13.5. The number of pyridine rings is 1. The molecule has 0 bridgehead atoms. The van der Waals surface area contributed by atoms with Gasteiger partial charge in [0.1, 0.15) is 29.8 Å². The van der Waals surface area contributed by atoms with Crippen LogP contribution in [0.15, 0.2) is 55.8 Å². The van der Waals surface area contributed by atoms with E-state index in [0.29, 0.717) is 40.1 Å². The molecule has 1 saturated heterocycles. The molecule has 3 aromatic rings. The van der Waals surface area contributed by atoms with E-state index < -0.39 is 62.6 Å². The summed E-state index contributed by atoms with van der Waals surface area (Å²) in [5.41, 5.74) is -0.902. The van der Waals surface area contributed by atoms with Crippen LogP contribution < -0.4 is 24.8 Å². The summed E-state index contributed by atoms with van der Waals surface area (Å²) in [5, 5.41) is 6.72. The number of rotatable bonds is 13. The molecule has 1 aliphatic heterocycles. The fourth-order valence-corrected chi connectivity index (χ4v) is 8.01. The van der Waals surface area contributed by atoms with E-state index in [0.717, 1.165) is 0 Å². The zero-order valence-corrected chi connectivity index (χ0v) is 28.8. The third-order valence-electron chi connectivity index (χ3n) is 9.29. The van der Waals surface area contributed by atoms with Crippen molar-refractivity contribution in [1.82, 2.24) is 29.9 Å². The fourth-order valence-electron chi connectivity index (χ4n) is 6.48. The Bertz CT molecular complexity index is 1890. The quantitative estimate of drug-likeness (QED) is 0.221. The molecule has 3 N–H and O–H groups in total. The Morgan fingerprint density at radius 1 is 1.14 bits per heavy atom. The van der Waals surface area contributed by atoms with Gasteiger partial charge in [0, 0.05) is 34.7 Å². The molecule has 14 nitrogen and oxygen atoms in total. The lowest BCUT2D eigenvalue weighted by Gasteiger charge is -2.32. The Kier molecular flexibility index (Phi) is 9.52. The average molecular weight is 712 g/mol. The first-order valence-electron chi connectivity index (χ1n) is 16.0. The Morgan fingerprint density at radius 2 is 1.88 bits per heavy atom. The predicted octanol–water partition coefficient (Wildman–Crippen LogP) is 2.84. The van der Waals surface area contributed by atoms with Crippen LogP contribution in [-0.2, 0) is 24.4 Å². The molecule has 16 heteroatoms. The van der Waals surface area contributed by atoms with Gasteiger partial charge in [0.25, 0.3) is 5.91 Å². The van der Waals surface area contributed by atoms with E-state index in [9.17, 15) is 22.8 Å². The second-order valence-electron chi connectivity index (χ2n) is 13.0. The van der Waals surface area contributed by atoms with Gasteiger partial charge in [-0.05, 0) is 43.4 Å². The number of carbonyl (C=O) groups excluding carboxylic acids is 3. The number of carbonyl (C=O) groups is 3. The molecular weight excluding hydrogens is 674 g/mol. The van der Waals surface area contributed by atoms with Crippen molar-refractivity contribution >= 4 is 55.8 Å². The molecule has 3 fully saturated rings. The van der Waals surface area contributed by atoms with Crippen LogP contribution in [0.1, 0.15) is 39.5 Å². The maximum Gasteiger partial charge on any atom is 0.254 e. The molecule has 260 valence electrons. The van der Waals surface area contributed by atoms with Crippen LogP contribution in [0.3, 0.4) is 0 Å². The number of nitrogens with one attached hydrogen (secondary N) is 3. The Balaban J connectivity index is 1.30. The molecule has 5 atom stereocenters. The standard InChI is InChI=1S/C33H38ClN7O7S/c1-5-19-12-33(19,32(44)40-49(45,46)23-7-8-23)41-16-22(48-31-25-10-20(34)6-9-24(25)27(47-4)15-37-31)11-26(41)29(42)39-30(43)28(18(2)3)38-21-13-35-17-36-14-21/h5-6,9-10,13-15,17-19,22-23,26,28,38H,1,7-8,11-12,16H2,2-4H3,(H,40,44)(H,39,42,43)/t19-,22-,26+,28-,33-/m1/s1. The van der Waals surface area contributed by atoms with E-state index in [-0.39, 0.29) is 31.2 Å². The maximum atomic E-state index is 14.1. The van der Waals surface area contributed by atoms with Crippen molar-refractivity contribution in [1.29, 1.82) is 0 Å². The van der Waals surface area contributed by atoms with Gasteiger partial charge in [0.05, 0.1) is 42.7 Å². The van der Waals surface area contributed by atoms with Gasteiger partial charge in [0.15, 0.2) is 0 Å². The van der Waals surface area contributed by atoms with Gasteiger partial charge in [-0.1, -0.05) is 31.5 Å². The molecule has 2 saturated carbocycles. The number of nitrogens with zero attached hydrogens (tertiary/aromatic N) is 4. The average Bonchev–Trinajstić information content (AvgIpc) is 4.00. The smallest absolute Gasteiger partial charge is 0.254 e. The molecule has 0 spiro atoms. The van der Waals surface area contributed by atoms with Gasteiger partial charge in [-0.2, -0.15) is 0 Å². The van der Waals surface area contributed by atoms with Crippen molar-refractivity contribution in [3.05, 3.63) is 60.8 Å². The minimum Gasteiger partial charge on any atom is -0.494 e. The summed E-state index contributed by atoms with van der Waals surface area (Å²) in [5.74, 6) is -1.92. The van der Waals surface area contributed by atoms with Crippen LogP contribution in [0.4, 0.5) is 5.69 Å². The molecule has 1 aromatic carbocycles. The summed E-state index contributed by atoms with van der Waals surface area (Å²) >= 11 is 6.32. The number of halogens is 1. The van der Waals surface area contributed by atoms with Crippen LogP contribution in [-0.4, -0.2) is 88.6 Å². The number of aromatic nitrogens is 3. The second-order valence-corrected chi connectivity index (χ2v) is 15.4. The third kappa shape index (κ3) is 6.92. The minimum absolute atomic E-state index is 0.0521. The molecule has 3 amide bonds. The highest BCUT2D eigenvalue weighted by molar-refractivity contribution is 7.91. The number of fused-ring (bicyclic) bond motifs is 1. The number of amides is 3. The number of hydrogen-bond acceptors (Lipinski definition) is 12. The van der Waals surface area contributed by atoms with E-state index in [2.05, 4.69) is 36.9 Å². The number of methoxy groups -OCH3 is 1. The highest BCUT2D eigenvalue weighted by atomic mass is 35.5. The molecule has 0 radical (unpaired) electrons. The van der Waals surface area contributed by atoms with E-state index >= 15 is 0 Å². The van der Waals surface area contributed by atoms with Crippen LogP contribution in [0.25, 0.3) is 10.8 Å². The summed E-state index contributed by atoms with van der Waals surface area (Å²) in [6.45, 7) is 7.57. The largest absolute Gasteiger partial charge is 0.494 e. The molecular formula is C33H38ClN7O7S. The van der Waals surface area contributed by atoms with Crippen LogP contribution >= 0.6 is 11.6 Å². The van der Waals surface area contributed by atoms with Gasteiger partial charge in [-0.15, -0.1) is 6.58 Å². The molecule has 6 rings (SSSR count). The number of anilines is 1. The molecule has 2 aliphatic carbocycles. The van der Waals surface area contributed by atoms with Crippen molar-refractivity contribution in [3.63, 3.8) is 0 Å². The fraction of sp³-hybridized carbons (Fsp3) is 0.455. The summed E-state index contributed by atoms with van der Waals surface area (Å²) in [7, 11) is -2.37. The van der Waals surface area contributed by atoms with E-state index in [1.165, 1.54) is 32.0 Å². The van der Waals surface area contributed by atoms with Crippen molar-refractivity contribution in [2.75, 3.05) is 19.0 Å². The monoisotopic (exact) mass is 711 g/mol. The molecule has 0 unspecified atom stereocenters. The Morgan fingerprint density at radius 3 is 2.51 bits per heavy atom. The highest BCUT2D eigenvalue weighted by Crippen LogP contribution is 2.53. The van der Waals surface area contributed by atoms with Crippen LogP contribution in [0.2, 0.25) is 5.02 Å². The van der Waals surface area contributed by atoms with E-state index in [1.807, 2.05) is 13.8 Å². The molecule has 49 heavy (non-hydrogen) atoms. The first-order chi connectivity index (χ1) is 23.4. The lowest BCUT2D eigenvalue weighted by Crippen LogP contribution is -2.58. The summed E-state index contributed by atoms with van der Waals surface area (Å²) in [4.78, 5) is 55.6. The number of sulfonamides is 1. The Labute approximate surface area is 289 Å².